The Morgan fingerprint density at radius 1 is 1.04 bits per heavy atom. The first-order chi connectivity index (χ1) is 13.5. The molecule has 0 radical (unpaired) electrons. The van der Waals surface area contributed by atoms with Crippen LogP contribution in [0.1, 0.15) is 56.6 Å². The van der Waals surface area contributed by atoms with Crippen molar-refractivity contribution in [2.24, 2.45) is 0 Å². The lowest BCUT2D eigenvalue weighted by Crippen LogP contribution is -2.27. The number of halogens is 3. The van der Waals surface area contributed by atoms with Crippen LogP contribution in [0.25, 0.3) is 11.1 Å². The zero-order valence-electron chi connectivity index (χ0n) is 16.4. The second-order valence-electron chi connectivity index (χ2n) is 7.25. The van der Waals surface area contributed by atoms with E-state index in [1.807, 2.05) is 0 Å². The molecule has 1 heterocycles. The van der Waals surface area contributed by atoms with Crippen LogP contribution in [0, 0.1) is 17.5 Å². The van der Waals surface area contributed by atoms with E-state index < -0.39 is 17.5 Å². The molecule has 152 valence electrons. The van der Waals surface area contributed by atoms with Gasteiger partial charge in [-0.05, 0) is 48.4 Å². The summed E-state index contributed by atoms with van der Waals surface area (Å²) in [6.07, 6.45) is 3.73. The van der Waals surface area contributed by atoms with Crippen LogP contribution < -0.4 is 0 Å². The van der Waals surface area contributed by atoms with Gasteiger partial charge in [-0.15, -0.1) is 0 Å². The molecule has 2 unspecified atom stereocenters. The molecule has 0 N–H and O–H groups in total. The Bertz CT molecular complexity index is 799. The predicted octanol–water partition coefficient (Wildman–Crippen LogP) is 6.37. The smallest absolute Gasteiger partial charge is 0.166 e. The van der Waals surface area contributed by atoms with E-state index in [0.29, 0.717) is 42.7 Å². The van der Waals surface area contributed by atoms with Gasteiger partial charge in [-0.1, -0.05) is 44.5 Å². The third kappa shape index (κ3) is 4.58. The van der Waals surface area contributed by atoms with Gasteiger partial charge in [0.15, 0.2) is 17.9 Å². The van der Waals surface area contributed by atoms with Crippen molar-refractivity contribution < 1.29 is 22.6 Å². The van der Waals surface area contributed by atoms with Crippen LogP contribution >= 0.6 is 0 Å². The van der Waals surface area contributed by atoms with Gasteiger partial charge in [0.05, 0.1) is 6.61 Å². The van der Waals surface area contributed by atoms with Crippen LogP contribution in [0.15, 0.2) is 30.3 Å². The van der Waals surface area contributed by atoms with E-state index >= 15 is 0 Å². The molecule has 0 aliphatic carbocycles. The van der Waals surface area contributed by atoms with Crippen molar-refractivity contribution in [3.05, 3.63) is 58.9 Å². The minimum Gasteiger partial charge on any atom is -0.353 e. The highest BCUT2D eigenvalue weighted by Gasteiger charge is 2.26. The van der Waals surface area contributed by atoms with Crippen LogP contribution in [0.3, 0.4) is 0 Å². The fraction of sp³-hybridized carbons (Fsp3) is 0.478. The summed E-state index contributed by atoms with van der Waals surface area (Å²) in [5.41, 5.74) is 1.26. The lowest BCUT2D eigenvalue weighted by atomic mass is 9.91. The second kappa shape index (κ2) is 9.57. The third-order valence-electron chi connectivity index (χ3n) is 5.33. The van der Waals surface area contributed by atoms with Crippen molar-refractivity contribution in [3.63, 3.8) is 0 Å². The Morgan fingerprint density at radius 3 is 2.50 bits per heavy atom. The molecular weight excluding hydrogens is 365 g/mol. The molecule has 2 atom stereocenters. The monoisotopic (exact) mass is 392 g/mol. The van der Waals surface area contributed by atoms with Gasteiger partial charge < -0.3 is 9.47 Å². The van der Waals surface area contributed by atoms with Crippen molar-refractivity contribution in [1.82, 2.24) is 0 Å². The van der Waals surface area contributed by atoms with Gasteiger partial charge in [0.25, 0.3) is 0 Å². The SMILES string of the molecule is CCCCOC1CCC(c2ccc(-c3ccc(CC)c(F)c3F)cc2F)CO1. The fourth-order valence-electron chi connectivity index (χ4n) is 3.57. The lowest BCUT2D eigenvalue weighted by molar-refractivity contribution is -0.167. The molecule has 28 heavy (non-hydrogen) atoms. The van der Waals surface area contributed by atoms with Crippen molar-refractivity contribution in [1.29, 1.82) is 0 Å². The summed E-state index contributed by atoms with van der Waals surface area (Å²) in [7, 11) is 0. The van der Waals surface area contributed by atoms with Crippen molar-refractivity contribution >= 4 is 0 Å². The first-order valence-corrected chi connectivity index (χ1v) is 10.0. The van der Waals surface area contributed by atoms with Crippen LogP contribution in [0.4, 0.5) is 13.2 Å². The molecule has 0 spiro atoms. The summed E-state index contributed by atoms with van der Waals surface area (Å²) in [5, 5.41) is 0. The van der Waals surface area contributed by atoms with Crippen LogP contribution in [-0.2, 0) is 15.9 Å². The molecule has 1 fully saturated rings. The van der Waals surface area contributed by atoms with Gasteiger partial charge in [0.2, 0.25) is 0 Å². The predicted molar refractivity (Wildman–Crippen MR) is 104 cm³/mol. The summed E-state index contributed by atoms with van der Waals surface area (Å²) < 4.78 is 54.6. The largest absolute Gasteiger partial charge is 0.353 e. The van der Waals surface area contributed by atoms with Gasteiger partial charge in [-0.25, -0.2) is 13.2 Å². The van der Waals surface area contributed by atoms with Gasteiger partial charge in [0.1, 0.15) is 5.82 Å². The van der Waals surface area contributed by atoms with Gasteiger partial charge in [-0.2, -0.15) is 0 Å². The van der Waals surface area contributed by atoms with E-state index in [9.17, 15) is 13.2 Å². The molecule has 5 heteroatoms. The third-order valence-corrected chi connectivity index (χ3v) is 5.33. The van der Waals surface area contributed by atoms with Crippen LogP contribution in [0.5, 0.6) is 0 Å². The van der Waals surface area contributed by atoms with Crippen molar-refractivity contribution in [2.45, 2.75) is 58.2 Å². The van der Waals surface area contributed by atoms with Crippen LogP contribution in [0.2, 0.25) is 0 Å². The molecule has 2 nitrogen and oxygen atoms in total. The fourth-order valence-corrected chi connectivity index (χ4v) is 3.57. The maximum atomic E-state index is 14.7. The molecule has 0 saturated carbocycles. The Morgan fingerprint density at radius 2 is 1.86 bits per heavy atom. The van der Waals surface area contributed by atoms with Gasteiger partial charge in [-0.3, -0.25) is 0 Å². The Labute approximate surface area is 164 Å². The minimum absolute atomic E-state index is 0.0656. The van der Waals surface area contributed by atoms with E-state index in [1.165, 1.54) is 12.1 Å². The highest BCUT2D eigenvalue weighted by atomic mass is 19.2. The zero-order valence-corrected chi connectivity index (χ0v) is 16.4. The van der Waals surface area contributed by atoms with E-state index in [4.69, 9.17) is 9.47 Å². The number of aryl methyl sites for hydroxylation is 1. The average molecular weight is 392 g/mol. The summed E-state index contributed by atoms with van der Waals surface area (Å²) in [5.74, 6) is -2.28. The number of hydrogen-bond donors (Lipinski definition) is 0. The first kappa shape index (κ1) is 20.9. The number of ether oxygens (including phenoxy) is 2. The summed E-state index contributed by atoms with van der Waals surface area (Å²) >= 11 is 0. The number of benzene rings is 2. The summed E-state index contributed by atoms with van der Waals surface area (Å²) in [6, 6.07) is 7.64. The maximum Gasteiger partial charge on any atom is 0.166 e. The molecule has 3 rings (SSSR count). The number of unbranched alkanes of at least 4 members (excludes halogenated alkanes) is 1. The Balaban J connectivity index is 1.71. The molecular formula is C23H27F3O2. The topological polar surface area (TPSA) is 18.5 Å². The average Bonchev–Trinajstić information content (AvgIpc) is 2.71. The quantitative estimate of drug-likeness (QED) is 0.510. The van der Waals surface area contributed by atoms with Gasteiger partial charge in [0, 0.05) is 18.1 Å². The number of hydrogen-bond acceptors (Lipinski definition) is 2. The first-order valence-electron chi connectivity index (χ1n) is 10.0. The standard InChI is InChI=1S/C23H27F3O2/c1-3-5-12-27-21-11-8-17(14-28-21)18-9-7-16(13-20(18)24)19-10-6-15(4-2)22(25)23(19)26/h6-7,9-10,13,17,21H,3-5,8,11-12,14H2,1-2H3. The van der Waals surface area contributed by atoms with Crippen LogP contribution in [-0.4, -0.2) is 19.5 Å². The molecule has 1 aliphatic rings. The van der Waals surface area contributed by atoms with Crippen molar-refractivity contribution in [2.75, 3.05) is 13.2 Å². The molecule has 0 bridgehead atoms. The molecule has 2 aromatic rings. The Kier molecular flexibility index (Phi) is 7.13. The number of rotatable bonds is 7. The summed E-state index contributed by atoms with van der Waals surface area (Å²) in [4.78, 5) is 0. The lowest BCUT2D eigenvalue weighted by Gasteiger charge is -2.29. The normalized spacial score (nSPS) is 19.8. The highest BCUT2D eigenvalue weighted by molar-refractivity contribution is 5.65. The minimum atomic E-state index is -0.931. The molecule has 1 aliphatic heterocycles. The second-order valence-corrected chi connectivity index (χ2v) is 7.25. The highest BCUT2D eigenvalue weighted by Crippen LogP contribution is 2.33. The zero-order chi connectivity index (χ0) is 20.1. The molecule has 1 saturated heterocycles. The molecule has 0 amide bonds. The Hall–Kier alpha value is -1.85. The van der Waals surface area contributed by atoms with E-state index in [1.54, 1.807) is 25.1 Å². The van der Waals surface area contributed by atoms with E-state index in [0.717, 1.165) is 19.3 Å². The molecule has 2 aromatic carbocycles. The van der Waals surface area contributed by atoms with E-state index in [2.05, 4.69) is 6.92 Å². The van der Waals surface area contributed by atoms with Crippen molar-refractivity contribution in [3.8, 4) is 11.1 Å². The molecule has 0 aromatic heterocycles. The maximum absolute atomic E-state index is 14.7. The van der Waals surface area contributed by atoms with E-state index in [-0.39, 0.29) is 17.8 Å². The summed E-state index contributed by atoms with van der Waals surface area (Å²) in [6.45, 7) is 4.93. The van der Waals surface area contributed by atoms with Gasteiger partial charge >= 0.3 is 0 Å².